The van der Waals surface area contributed by atoms with Crippen LogP contribution in [0.4, 0.5) is 5.69 Å². The molecule has 0 aromatic heterocycles. The minimum atomic E-state index is -0.361. The van der Waals surface area contributed by atoms with Crippen LogP contribution in [-0.4, -0.2) is 19.2 Å². The fraction of sp³-hybridized carbons (Fsp3) is 0.533. The lowest BCUT2D eigenvalue weighted by Gasteiger charge is -2.14. The molecule has 1 aromatic carbocycles. The summed E-state index contributed by atoms with van der Waals surface area (Å²) >= 11 is 0. The number of carbonyl (C=O) groups is 1. The van der Waals surface area contributed by atoms with E-state index in [9.17, 15) is 4.79 Å². The van der Waals surface area contributed by atoms with Gasteiger partial charge in [-0.1, -0.05) is 20.3 Å². The molecule has 0 aliphatic heterocycles. The first-order chi connectivity index (χ1) is 9.08. The van der Waals surface area contributed by atoms with E-state index in [1.807, 2.05) is 0 Å². The lowest BCUT2D eigenvalue weighted by atomic mass is 10.1. The Morgan fingerprint density at radius 3 is 2.68 bits per heavy atom. The average molecular weight is 265 g/mol. The van der Waals surface area contributed by atoms with E-state index in [4.69, 9.17) is 15.2 Å². The van der Waals surface area contributed by atoms with Crippen LogP contribution < -0.4 is 10.5 Å². The molecule has 4 heteroatoms. The molecule has 0 fully saturated rings. The quantitative estimate of drug-likeness (QED) is 0.607. The Hall–Kier alpha value is -1.71. The van der Waals surface area contributed by atoms with E-state index in [0.29, 0.717) is 36.1 Å². The van der Waals surface area contributed by atoms with Crippen molar-refractivity contribution >= 4 is 11.7 Å². The maximum absolute atomic E-state index is 11.5. The van der Waals surface area contributed by atoms with Gasteiger partial charge in [-0.15, -0.1) is 0 Å². The van der Waals surface area contributed by atoms with Crippen LogP contribution in [0.2, 0.25) is 0 Å². The fourth-order valence-corrected chi connectivity index (χ4v) is 1.83. The topological polar surface area (TPSA) is 61.5 Å². The molecule has 0 amide bonds. The molecule has 0 heterocycles. The molecule has 2 N–H and O–H groups in total. The Labute approximate surface area is 114 Å². The minimum absolute atomic E-state index is 0.353. The number of nitrogens with two attached hydrogens (primary N) is 1. The van der Waals surface area contributed by atoms with Crippen molar-refractivity contribution in [3.05, 3.63) is 23.8 Å². The van der Waals surface area contributed by atoms with E-state index in [1.54, 1.807) is 25.1 Å². The molecule has 0 saturated heterocycles. The van der Waals surface area contributed by atoms with Gasteiger partial charge >= 0.3 is 5.97 Å². The third kappa shape index (κ3) is 4.81. The second kappa shape index (κ2) is 7.67. The van der Waals surface area contributed by atoms with Crippen LogP contribution in [0.15, 0.2) is 18.2 Å². The summed E-state index contributed by atoms with van der Waals surface area (Å²) in [5.41, 5.74) is 6.80. The lowest BCUT2D eigenvalue weighted by molar-refractivity contribution is 0.0526. The van der Waals surface area contributed by atoms with Gasteiger partial charge < -0.3 is 15.2 Å². The first kappa shape index (κ1) is 15.3. The van der Waals surface area contributed by atoms with E-state index in [2.05, 4.69) is 13.8 Å². The van der Waals surface area contributed by atoms with Gasteiger partial charge in [0.25, 0.3) is 0 Å². The first-order valence-electron chi connectivity index (χ1n) is 6.77. The molecule has 0 bridgehead atoms. The number of anilines is 1. The molecule has 0 spiro atoms. The van der Waals surface area contributed by atoms with Crippen LogP contribution in [0.5, 0.6) is 5.75 Å². The number of benzene rings is 1. The Morgan fingerprint density at radius 1 is 1.37 bits per heavy atom. The number of ether oxygens (including phenoxy) is 2. The van der Waals surface area contributed by atoms with Crippen LogP contribution >= 0.6 is 0 Å². The highest BCUT2D eigenvalue weighted by Crippen LogP contribution is 2.24. The first-order valence-corrected chi connectivity index (χ1v) is 6.77. The standard InChI is InChI=1S/C15H23NO3/c1-4-6-11(3)10-19-14-8-7-12(9-13(14)16)15(17)18-5-2/h7-9,11H,4-6,10,16H2,1-3H3. The molecule has 19 heavy (non-hydrogen) atoms. The number of carbonyl (C=O) groups excluding carboxylic acids is 1. The van der Waals surface area contributed by atoms with Crippen molar-refractivity contribution in [2.24, 2.45) is 5.92 Å². The van der Waals surface area contributed by atoms with Gasteiger partial charge in [0.05, 0.1) is 24.5 Å². The summed E-state index contributed by atoms with van der Waals surface area (Å²) in [5, 5.41) is 0. The highest BCUT2D eigenvalue weighted by molar-refractivity contribution is 5.91. The molecule has 0 radical (unpaired) electrons. The van der Waals surface area contributed by atoms with Gasteiger partial charge in [-0.2, -0.15) is 0 Å². The van der Waals surface area contributed by atoms with E-state index >= 15 is 0 Å². The SMILES string of the molecule is CCCC(C)COc1ccc(C(=O)OCC)cc1N. The molecule has 1 atom stereocenters. The molecule has 106 valence electrons. The predicted molar refractivity (Wildman–Crippen MR) is 76.4 cm³/mol. The maximum Gasteiger partial charge on any atom is 0.338 e. The maximum atomic E-state index is 11.5. The zero-order valence-corrected chi connectivity index (χ0v) is 11.9. The monoisotopic (exact) mass is 265 g/mol. The largest absolute Gasteiger partial charge is 0.491 e. The predicted octanol–water partition coefficient (Wildman–Crippen LogP) is 3.26. The molecule has 4 nitrogen and oxygen atoms in total. The summed E-state index contributed by atoms with van der Waals surface area (Å²) in [6.45, 7) is 7.06. The van der Waals surface area contributed by atoms with E-state index in [0.717, 1.165) is 12.8 Å². The summed E-state index contributed by atoms with van der Waals surface area (Å²) in [7, 11) is 0. The zero-order valence-electron chi connectivity index (χ0n) is 11.9. The molecule has 0 aliphatic carbocycles. The molecule has 1 unspecified atom stereocenters. The Bertz CT molecular complexity index is 418. The summed E-state index contributed by atoms with van der Waals surface area (Å²) in [5.74, 6) is 0.755. The van der Waals surface area contributed by atoms with Crippen molar-refractivity contribution < 1.29 is 14.3 Å². The molecule has 1 rings (SSSR count). The van der Waals surface area contributed by atoms with Crippen molar-refractivity contribution in [3.8, 4) is 5.75 Å². The fourth-order valence-electron chi connectivity index (χ4n) is 1.83. The second-order valence-electron chi connectivity index (χ2n) is 4.68. The van der Waals surface area contributed by atoms with Crippen molar-refractivity contribution in [2.45, 2.75) is 33.6 Å². The Balaban J connectivity index is 2.64. The van der Waals surface area contributed by atoms with Crippen molar-refractivity contribution in [3.63, 3.8) is 0 Å². The Kier molecular flexibility index (Phi) is 6.19. The summed E-state index contributed by atoms with van der Waals surface area (Å²) in [6.07, 6.45) is 2.27. The van der Waals surface area contributed by atoms with Crippen LogP contribution in [-0.2, 0) is 4.74 Å². The van der Waals surface area contributed by atoms with E-state index < -0.39 is 0 Å². The molecule has 1 aromatic rings. The van der Waals surface area contributed by atoms with Crippen LogP contribution in [0, 0.1) is 5.92 Å². The molecule has 0 saturated carbocycles. The van der Waals surface area contributed by atoms with Gasteiger partial charge in [-0.25, -0.2) is 4.79 Å². The number of hydrogen-bond donors (Lipinski definition) is 1. The highest BCUT2D eigenvalue weighted by atomic mass is 16.5. The molecular weight excluding hydrogens is 242 g/mol. The normalized spacial score (nSPS) is 11.9. The van der Waals surface area contributed by atoms with Crippen molar-refractivity contribution in [2.75, 3.05) is 18.9 Å². The number of hydrogen-bond acceptors (Lipinski definition) is 4. The summed E-state index contributed by atoms with van der Waals surface area (Å²) in [6, 6.07) is 4.99. The number of esters is 1. The third-order valence-corrected chi connectivity index (χ3v) is 2.83. The van der Waals surface area contributed by atoms with Crippen molar-refractivity contribution in [1.82, 2.24) is 0 Å². The van der Waals surface area contributed by atoms with Gasteiger partial charge in [0.2, 0.25) is 0 Å². The van der Waals surface area contributed by atoms with Gasteiger partial charge in [0.1, 0.15) is 5.75 Å². The summed E-state index contributed by atoms with van der Waals surface area (Å²) in [4.78, 5) is 11.5. The van der Waals surface area contributed by atoms with Gasteiger partial charge in [-0.3, -0.25) is 0 Å². The number of nitrogen functional groups attached to an aromatic ring is 1. The average Bonchev–Trinajstić information content (AvgIpc) is 2.38. The highest BCUT2D eigenvalue weighted by Gasteiger charge is 2.10. The van der Waals surface area contributed by atoms with E-state index in [-0.39, 0.29) is 5.97 Å². The van der Waals surface area contributed by atoms with Crippen LogP contribution in [0.1, 0.15) is 44.0 Å². The van der Waals surface area contributed by atoms with E-state index in [1.165, 1.54) is 0 Å². The zero-order chi connectivity index (χ0) is 14.3. The molecular formula is C15H23NO3. The minimum Gasteiger partial charge on any atom is -0.491 e. The van der Waals surface area contributed by atoms with Crippen LogP contribution in [0.25, 0.3) is 0 Å². The van der Waals surface area contributed by atoms with Gasteiger partial charge in [-0.05, 0) is 37.5 Å². The van der Waals surface area contributed by atoms with Crippen molar-refractivity contribution in [1.29, 1.82) is 0 Å². The summed E-state index contributed by atoms with van der Waals surface area (Å²) < 4.78 is 10.6. The second-order valence-corrected chi connectivity index (χ2v) is 4.68. The Morgan fingerprint density at radius 2 is 2.11 bits per heavy atom. The smallest absolute Gasteiger partial charge is 0.338 e. The van der Waals surface area contributed by atoms with Gasteiger partial charge in [0, 0.05) is 0 Å². The van der Waals surface area contributed by atoms with Gasteiger partial charge in [0.15, 0.2) is 0 Å². The molecule has 0 aliphatic rings. The third-order valence-electron chi connectivity index (χ3n) is 2.83. The lowest BCUT2D eigenvalue weighted by Crippen LogP contribution is -2.10. The van der Waals surface area contributed by atoms with Crippen LogP contribution in [0.3, 0.4) is 0 Å². The number of rotatable bonds is 7.